The van der Waals surface area contributed by atoms with E-state index in [-0.39, 0.29) is 0 Å². The normalized spacial score (nSPS) is 12.4. The number of halogens is 1. The molecule has 0 N–H and O–H groups in total. The van der Waals surface area contributed by atoms with Crippen molar-refractivity contribution in [2.24, 2.45) is 0 Å². The summed E-state index contributed by atoms with van der Waals surface area (Å²) < 4.78 is 8.59. The van der Waals surface area contributed by atoms with Crippen molar-refractivity contribution in [3.63, 3.8) is 0 Å². The van der Waals surface area contributed by atoms with E-state index in [1.165, 1.54) is 0 Å². The van der Waals surface area contributed by atoms with Crippen molar-refractivity contribution >= 4 is 15.9 Å². The van der Waals surface area contributed by atoms with Gasteiger partial charge in [-0.1, -0.05) is 0 Å². The fourth-order valence-corrected chi connectivity index (χ4v) is 2.96. The number of imidazole rings is 1. The maximum Gasteiger partial charge on any atom is 0.167 e. The van der Waals surface area contributed by atoms with Crippen LogP contribution in [-0.2, 0) is 6.73 Å². The SMILES string of the molecule is Brc1nc2n(c1-c1ccncc1)COc1ccncc1-2. The van der Waals surface area contributed by atoms with Crippen molar-refractivity contribution < 1.29 is 4.74 Å². The predicted octanol–water partition coefficient (Wildman–Crippen LogP) is 3.12. The third-order valence-electron chi connectivity index (χ3n) is 3.25. The fraction of sp³-hybridized carbons (Fsp3) is 0.0714. The Labute approximate surface area is 123 Å². The molecule has 0 aliphatic carbocycles. The molecule has 0 spiro atoms. The summed E-state index contributed by atoms with van der Waals surface area (Å²) in [4.78, 5) is 12.8. The van der Waals surface area contributed by atoms with Gasteiger partial charge in [0.2, 0.25) is 0 Å². The molecule has 0 amide bonds. The molecule has 98 valence electrons. The van der Waals surface area contributed by atoms with Gasteiger partial charge in [0, 0.05) is 30.4 Å². The molecule has 1 aliphatic rings. The first-order chi connectivity index (χ1) is 9.84. The van der Waals surface area contributed by atoms with E-state index in [4.69, 9.17) is 4.74 Å². The lowest BCUT2D eigenvalue weighted by atomic mass is 10.2. The van der Waals surface area contributed by atoms with Crippen molar-refractivity contribution in [2.45, 2.75) is 6.73 Å². The zero-order chi connectivity index (χ0) is 13.5. The monoisotopic (exact) mass is 328 g/mol. The number of aromatic nitrogens is 4. The average molecular weight is 329 g/mol. The van der Waals surface area contributed by atoms with Gasteiger partial charge >= 0.3 is 0 Å². The smallest absolute Gasteiger partial charge is 0.167 e. The first kappa shape index (κ1) is 11.6. The number of hydrogen-bond donors (Lipinski definition) is 0. The highest BCUT2D eigenvalue weighted by Gasteiger charge is 2.24. The zero-order valence-corrected chi connectivity index (χ0v) is 11.9. The molecule has 20 heavy (non-hydrogen) atoms. The summed E-state index contributed by atoms with van der Waals surface area (Å²) in [6.45, 7) is 0.433. The van der Waals surface area contributed by atoms with Crippen molar-refractivity contribution in [3.8, 4) is 28.4 Å². The lowest BCUT2D eigenvalue weighted by Gasteiger charge is -2.20. The zero-order valence-electron chi connectivity index (χ0n) is 10.3. The molecule has 0 unspecified atom stereocenters. The van der Waals surface area contributed by atoms with Crippen LogP contribution in [0.1, 0.15) is 0 Å². The van der Waals surface area contributed by atoms with Crippen LogP contribution in [0.15, 0.2) is 47.6 Å². The molecular weight excluding hydrogens is 320 g/mol. The van der Waals surface area contributed by atoms with Crippen molar-refractivity contribution in [2.75, 3.05) is 0 Å². The Bertz CT molecular complexity index is 785. The quantitative estimate of drug-likeness (QED) is 0.688. The molecule has 6 heteroatoms. The number of rotatable bonds is 1. The molecule has 0 bridgehead atoms. The van der Waals surface area contributed by atoms with E-state index in [1.807, 2.05) is 22.8 Å². The van der Waals surface area contributed by atoms with E-state index in [9.17, 15) is 0 Å². The number of nitrogens with zero attached hydrogens (tertiary/aromatic N) is 4. The summed E-state index contributed by atoms with van der Waals surface area (Å²) in [7, 11) is 0. The minimum Gasteiger partial charge on any atom is -0.472 e. The molecule has 4 heterocycles. The van der Waals surface area contributed by atoms with Gasteiger partial charge in [0.05, 0.1) is 11.3 Å². The minimum absolute atomic E-state index is 0.433. The summed E-state index contributed by atoms with van der Waals surface area (Å²) in [6.07, 6.45) is 7.02. The van der Waals surface area contributed by atoms with Crippen LogP contribution in [0.25, 0.3) is 22.6 Å². The molecular formula is C14H9BrN4O. The van der Waals surface area contributed by atoms with Crippen LogP contribution < -0.4 is 4.74 Å². The van der Waals surface area contributed by atoms with Gasteiger partial charge in [-0.15, -0.1) is 0 Å². The highest BCUT2D eigenvalue weighted by molar-refractivity contribution is 9.10. The Balaban J connectivity index is 1.97. The molecule has 3 aromatic rings. The molecule has 1 aliphatic heterocycles. The molecule has 0 atom stereocenters. The van der Waals surface area contributed by atoms with Gasteiger partial charge in [0.25, 0.3) is 0 Å². The highest BCUT2D eigenvalue weighted by Crippen LogP contribution is 2.39. The summed E-state index contributed by atoms with van der Waals surface area (Å²) >= 11 is 3.54. The Morgan fingerprint density at radius 3 is 2.75 bits per heavy atom. The van der Waals surface area contributed by atoms with Crippen molar-refractivity contribution in [1.82, 2.24) is 19.5 Å². The number of ether oxygens (including phenoxy) is 1. The lowest BCUT2D eigenvalue weighted by molar-refractivity contribution is 0.231. The third-order valence-corrected chi connectivity index (χ3v) is 3.80. The van der Waals surface area contributed by atoms with E-state index in [0.29, 0.717) is 6.73 Å². The molecule has 4 rings (SSSR count). The van der Waals surface area contributed by atoms with Gasteiger partial charge in [-0.05, 0) is 34.1 Å². The van der Waals surface area contributed by atoms with Gasteiger partial charge in [-0.2, -0.15) is 0 Å². The predicted molar refractivity (Wildman–Crippen MR) is 77.0 cm³/mol. The molecule has 0 radical (unpaired) electrons. The molecule has 0 aromatic carbocycles. The largest absolute Gasteiger partial charge is 0.472 e. The molecule has 0 saturated carbocycles. The van der Waals surface area contributed by atoms with E-state index < -0.39 is 0 Å². The summed E-state index contributed by atoms with van der Waals surface area (Å²) in [5, 5.41) is 0. The van der Waals surface area contributed by atoms with E-state index in [0.717, 1.165) is 33.0 Å². The Morgan fingerprint density at radius 1 is 1.10 bits per heavy atom. The van der Waals surface area contributed by atoms with Crippen LogP contribution >= 0.6 is 15.9 Å². The highest BCUT2D eigenvalue weighted by atomic mass is 79.9. The summed E-state index contributed by atoms with van der Waals surface area (Å²) in [6, 6.07) is 5.76. The average Bonchev–Trinajstić information content (AvgIpc) is 2.84. The van der Waals surface area contributed by atoms with Crippen molar-refractivity contribution in [3.05, 3.63) is 47.6 Å². The molecule has 0 saturated heterocycles. The summed E-state index contributed by atoms with van der Waals surface area (Å²) in [5.41, 5.74) is 2.93. The standard InChI is InChI=1S/C14H9BrN4O/c15-13-12(9-1-4-16-5-2-9)19-8-20-11-3-6-17-7-10(11)14(19)18-13/h1-7H,8H2. The number of hydrogen-bond acceptors (Lipinski definition) is 4. The first-order valence-corrected chi connectivity index (χ1v) is 6.87. The molecule has 3 aromatic heterocycles. The maximum atomic E-state index is 5.77. The van der Waals surface area contributed by atoms with E-state index >= 15 is 0 Å². The van der Waals surface area contributed by atoms with Crippen LogP contribution in [0.3, 0.4) is 0 Å². The molecule has 0 fully saturated rings. The van der Waals surface area contributed by atoms with Crippen LogP contribution in [0, 0.1) is 0 Å². The first-order valence-electron chi connectivity index (χ1n) is 6.08. The lowest BCUT2D eigenvalue weighted by Crippen LogP contribution is -2.14. The van der Waals surface area contributed by atoms with Gasteiger partial charge < -0.3 is 4.74 Å². The Kier molecular flexibility index (Phi) is 2.56. The Hall–Kier alpha value is -2.21. The summed E-state index contributed by atoms with van der Waals surface area (Å²) in [5.74, 6) is 1.67. The van der Waals surface area contributed by atoms with E-state index in [1.54, 1.807) is 24.8 Å². The third kappa shape index (κ3) is 1.65. The second-order valence-electron chi connectivity index (χ2n) is 4.38. The second-order valence-corrected chi connectivity index (χ2v) is 5.14. The van der Waals surface area contributed by atoms with Gasteiger partial charge in [-0.25, -0.2) is 4.98 Å². The topological polar surface area (TPSA) is 52.8 Å². The maximum absolute atomic E-state index is 5.77. The second kappa shape index (κ2) is 4.42. The van der Waals surface area contributed by atoms with Gasteiger partial charge in [0.15, 0.2) is 6.73 Å². The number of fused-ring (bicyclic) bond motifs is 3. The van der Waals surface area contributed by atoms with Crippen LogP contribution in [0.4, 0.5) is 0 Å². The number of pyridine rings is 2. The van der Waals surface area contributed by atoms with Gasteiger partial charge in [-0.3, -0.25) is 14.5 Å². The van der Waals surface area contributed by atoms with Crippen LogP contribution in [0.2, 0.25) is 0 Å². The van der Waals surface area contributed by atoms with Crippen LogP contribution in [-0.4, -0.2) is 19.5 Å². The van der Waals surface area contributed by atoms with E-state index in [2.05, 4.69) is 30.9 Å². The Morgan fingerprint density at radius 2 is 1.90 bits per heavy atom. The van der Waals surface area contributed by atoms with Crippen LogP contribution in [0.5, 0.6) is 5.75 Å². The van der Waals surface area contributed by atoms with Gasteiger partial charge in [0.1, 0.15) is 16.2 Å². The minimum atomic E-state index is 0.433. The fourth-order valence-electron chi connectivity index (χ4n) is 2.35. The molecule has 5 nitrogen and oxygen atoms in total. The van der Waals surface area contributed by atoms with Crippen molar-refractivity contribution in [1.29, 1.82) is 0 Å².